The predicted molar refractivity (Wildman–Crippen MR) is 89.3 cm³/mol. The zero-order valence-electron chi connectivity index (χ0n) is 14.3. The summed E-state index contributed by atoms with van der Waals surface area (Å²) in [5, 5.41) is 0. The zero-order valence-corrected chi connectivity index (χ0v) is 14.3. The van der Waals surface area contributed by atoms with Crippen LogP contribution in [0.25, 0.3) is 0 Å². The summed E-state index contributed by atoms with van der Waals surface area (Å²) in [5.74, 6) is 1.86. The molecular weight excluding hydrogens is 276 g/mol. The predicted octanol–water partition coefficient (Wildman–Crippen LogP) is 2.48. The first kappa shape index (κ1) is 16.8. The molecule has 122 valence electrons. The van der Waals surface area contributed by atoms with Crippen molar-refractivity contribution in [2.24, 2.45) is 5.92 Å². The van der Waals surface area contributed by atoms with Gasteiger partial charge in [0.25, 0.3) is 0 Å². The molecule has 4 heteroatoms. The van der Waals surface area contributed by atoms with Crippen molar-refractivity contribution in [3.05, 3.63) is 29.3 Å². The third-order valence-corrected chi connectivity index (χ3v) is 4.42. The Morgan fingerprint density at radius 3 is 2.64 bits per heavy atom. The van der Waals surface area contributed by atoms with Gasteiger partial charge in [0, 0.05) is 33.1 Å². The molecular formula is C18H28N2O2. The van der Waals surface area contributed by atoms with E-state index in [2.05, 4.69) is 44.0 Å². The molecule has 0 aliphatic carbocycles. The largest absolute Gasteiger partial charge is 0.492 e. The highest BCUT2D eigenvalue weighted by Crippen LogP contribution is 2.22. The van der Waals surface area contributed by atoms with Gasteiger partial charge in [0.2, 0.25) is 5.91 Å². The van der Waals surface area contributed by atoms with Crippen LogP contribution in [0.1, 0.15) is 24.0 Å². The fourth-order valence-electron chi connectivity index (χ4n) is 3.11. The quantitative estimate of drug-likeness (QED) is 0.809. The van der Waals surface area contributed by atoms with Gasteiger partial charge in [-0.15, -0.1) is 0 Å². The van der Waals surface area contributed by atoms with E-state index in [0.717, 1.165) is 31.8 Å². The lowest BCUT2D eigenvalue weighted by Gasteiger charge is -2.32. The van der Waals surface area contributed by atoms with Gasteiger partial charge < -0.3 is 14.5 Å². The number of benzene rings is 1. The number of piperidine rings is 1. The average Bonchev–Trinajstić information content (AvgIpc) is 2.46. The minimum Gasteiger partial charge on any atom is -0.492 e. The summed E-state index contributed by atoms with van der Waals surface area (Å²) < 4.78 is 5.96. The SMILES string of the molecule is Cc1cccc(C)c1OCCN(C)CC1CCC(=O)N(C)C1. The lowest BCUT2D eigenvalue weighted by Crippen LogP contribution is -2.41. The molecule has 1 aliphatic rings. The van der Waals surface area contributed by atoms with Gasteiger partial charge in [0.05, 0.1) is 0 Å². The van der Waals surface area contributed by atoms with Crippen LogP contribution in [0.4, 0.5) is 0 Å². The molecule has 1 aromatic carbocycles. The second-order valence-electron chi connectivity index (χ2n) is 6.51. The van der Waals surface area contributed by atoms with Crippen LogP contribution in [-0.2, 0) is 4.79 Å². The maximum absolute atomic E-state index is 11.5. The highest BCUT2D eigenvalue weighted by Gasteiger charge is 2.23. The molecule has 1 heterocycles. The molecule has 1 aromatic rings. The van der Waals surface area contributed by atoms with E-state index in [1.807, 2.05) is 11.9 Å². The Hall–Kier alpha value is -1.55. The summed E-state index contributed by atoms with van der Waals surface area (Å²) in [6.07, 6.45) is 1.69. The van der Waals surface area contributed by atoms with Gasteiger partial charge in [0.1, 0.15) is 12.4 Å². The van der Waals surface area contributed by atoms with Gasteiger partial charge in [-0.3, -0.25) is 4.79 Å². The number of likely N-dealkylation sites (tertiary alicyclic amines) is 1. The maximum Gasteiger partial charge on any atom is 0.222 e. The summed E-state index contributed by atoms with van der Waals surface area (Å²) >= 11 is 0. The van der Waals surface area contributed by atoms with Crippen molar-refractivity contribution in [1.82, 2.24) is 9.80 Å². The second kappa shape index (κ2) is 7.63. The molecule has 1 fully saturated rings. The summed E-state index contributed by atoms with van der Waals surface area (Å²) in [5.41, 5.74) is 2.38. The molecule has 0 saturated carbocycles. The minimum atomic E-state index is 0.275. The number of likely N-dealkylation sites (N-methyl/N-ethyl adjacent to an activating group) is 1. The summed E-state index contributed by atoms with van der Waals surface area (Å²) in [7, 11) is 4.03. The van der Waals surface area contributed by atoms with Crippen LogP contribution in [0.3, 0.4) is 0 Å². The van der Waals surface area contributed by atoms with Crippen molar-refractivity contribution in [1.29, 1.82) is 0 Å². The highest BCUT2D eigenvalue weighted by atomic mass is 16.5. The van der Waals surface area contributed by atoms with Crippen molar-refractivity contribution >= 4 is 5.91 Å². The molecule has 2 rings (SSSR count). The van der Waals surface area contributed by atoms with E-state index in [1.54, 1.807) is 0 Å². The van der Waals surface area contributed by atoms with Crippen LogP contribution in [0, 0.1) is 19.8 Å². The number of hydrogen-bond donors (Lipinski definition) is 0. The molecule has 0 aromatic heterocycles. The van der Waals surface area contributed by atoms with Crippen molar-refractivity contribution in [2.45, 2.75) is 26.7 Å². The molecule has 4 nitrogen and oxygen atoms in total. The number of carbonyl (C=O) groups excluding carboxylic acids is 1. The van der Waals surface area contributed by atoms with Crippen molar-refractivity contribution in [3.63, 3.8) is 0 Å². The van der Waals surface area contributed by atoms with E-state index < -0.39 is 0 Å². The van der Waals surface area contributed by atoms with Crippen LogP contribution in [0.5, 0.6) is 5.75 Å². The lowest BCUT2D eigenvalue weighted by molar-refractivity contribution is -0.133. The van der Waals surface area contributed by atoms with Gasteiger partial charge in [-0.25, -0.2) is 0 Å². The summed E-state index contributed by atoms with van der Waals surface area (Å²) in [6.45, 7) is 7.67. The Balaban J connectivity index is 1.74. The standard InChI is InChI=1S/C18H28N2O2/c1-14-6-5-7-15(2)18(14)22-11-10-19(3)12-16-8-9-17(21)20(4)13-16/h5-7,16H,8-13H2,1-4H3. The Kier molecular flexibility index (Phi) is 5.83. The van der Waals surface area contributed by atoms with Gasteiger partial charge in [-0.2, -0.15) is 0 Å². The Morgan fingerprint density at radius 1 is 1.32 bits per heavy atom. The summed E-state index contributed by atoms with van der Waals surface area (Å²) in [4.78, 5) is 15.7. The first-order valence-electron chi connectivity index (χ1n) is 8.09. The normalized spacial score (nSPS) is 18.9. The van der Waals surface area contributed by atoms with E-state index in [1.165, 1.54) is 11.1 Å². The zero-order chi connectivity index (χ0) is 16.1. The molecule has 22 heavy (non-hydrogen) atoms. The van der Waals surface area contributed by atoms with Gasteiger partial charge in [-0.1, -0.05) is 18.2 Å². The van der Waals surface area contributed by atoms with Crippen LogP contribution in [-0.4, -0.2) is 56.0 Å². The second-order valence-corrected chi connectivity index (χ2v) is 6.51. The van der Waals surface area contributed by atoms with Gasteiger partial charge in [0.15, 0.2) is 0 Å². The highest BCUT2D eigenvalue weighted by molar-refractivity contribution is 5.76. The molecule has 0 bridgehead atoms. The Morgan fingerprint density at radius 2 is 2.00 bits per heavy atom. The van der Waals surface area contributed by atoms with E-state index in [4.69, 9.17) is 4.74 Å². The molecule has 0 radical (unpaired) electrons. The van der Waals surface area contributed by atoms with Crippen LogP contribution < -0.4 is 4.74 Å². The molecule has 0 N–H and O–H groups in total. The fourth-order valence-corrected chi connectivity index (χ4v) is 3.11. The number of amides is 1. The number of ether oxygens (including phenoxy) is 1. The molecule has 0 spiro atoms. The molecule has 1 atom stereocenters. The number of para-hydroxylation sites is 1. The number of aryl methyl sites for hydroxylation is 2. The summed E-state index contributed by atoms with van der Waals surface area (Å²) in [6, 6.07) is 6.23. The van der Waals surface area contributed by atoms with Crippen molar-refractivity contribution < 1.29 is 9.53 Å². The first-order valence-corrected chi connectivity index (χ1v) is 8.09. The van der Waals surface area contributed by atoms with E-state index in [-0.39, 0.29) is 5.91 Å². The fraction of sp³-hybridized carbons (Fsp3) is 0.611. The Bertz CT molecular complexity index is 496. The van der Waals surface area contributed by atoms with E-state index >= 15 is 0 Å². The molecule has 1 unspecified atom stereocenters. The molecule has 1 amide bonds. The van der Waals surface area contributed by atoms with Crippen molar-refractivity contribution in [2.75, 3.05) is 40.3 Å². The molecule has 1 aliphatic heterocycles. The van der Waals surface area contributed by atoms with Crippen molar-refractivity contribution in [3.8, 4) is 5.75 Å². The van der Waals surface area contributed by atoms with Gasteiger partial charge in [-0.05, 0) is 44.4 Å². The number of rotatable bonds is 6. The maximum atomic E-state index is 11.5. The lowest BCUT2D eigenvalue weighted by atomic mass is 9.97. The number of hydrogen-bond acceptors (Lipinski definition) is 3. The van der Waals surface area contributed by atoms with Crippen LogP contribution >= 0.6 is 0 Å². The minimum absolute atomic E-state index is 0.275. The van der Waals surface area contributed by atoms with Gasteiger partial charge >= 0.3 is 0 Å². The van der Waals surface area contributed by atoms with Crippen LogP contribution in [0.15, 0.2) is 18.2 Å². The monoisotopic (exact) mass is 304 g/mol. The third-order valence-electron chi connectivity index (χ3n) is 4.42. The van der Waals surface area contributed by atoms with E-state index in [0.29, 0.717) is 18.9 Å². The van der Waals surface area contributed by atoms with Crippen LogP contribution in [0.2, 0.25) is 0 Å². The van der Waals surface area contributed by atoms with E-state index in [9.17, 15) is 4.79 Å². The topological polar surface area (TPSA) is 32.8 Å². The Labute approximate surface area is 134 Å². The smallest absolute Gasteiger partial charge is 0.222 e. The average molecular weight is 304 g/mol. The number of carbonyl (C=O) groups is 1. The number of nitrogens with zero attached hydrogens (tertiary/aromatic N) is 2. The first-order chi connectivity index (χ1) is 10.5. The third kappa shape index (κ3) is 4.47. The molecule has 1 saturated heterocycles.